The first-order valence-corrected chi connectivity index (χ1v) is 23.4. The Kier molecular flexibility index (Phi) is 14.1. The summed E-state index contributed by atoms with van der Waals surface area (Å²) in [7, 11) is 2.09. The lowest BCUT2D eigenvalue weighted by Gasteiger charge is -2.45. The fourth-order valence-corrected chi connectivity index (χ4v) is 10.2. The lowest BCUT2D eigenvalue weighted by atomic mass is 9.87. The highest BCUT2D eigenvalue weighted by atomic mass is 32.1. The van der Waals surface area contributed by atoms with Crippen LogP contribution in [0, 0.1) is 5.92 Å². The lowest BCUT2D eigenvalue weighted by Crippen LogP contribution is -2.56. The molecule has 1 saturated heterocycles. The van der Waals surface area contributed by atoms with Gasteiger partial charge in [-0.05, 0) is 94.1 Å². The van der Waals surface area contributed by atoms with Crippen LogP contribution in [0.15, 0.2) is 114 Å². The number of benzene rings is 5. The number of thiophene rings is 1. The Hall–Kier alpha value is -6.99. The number of carbonyl (C=O) groups excluding carboxylic acids is 2. The van der Waals surface area contributed by atoms with Gasteiger partial charge in [0.05, 0.1) is 12.6 Å². The van der Waals surface area contributed by atoms with Crippen LogP contribution in [0.25, 0.3) is 27.6 Å². The predicted molar refractivity (Wildman–Crippen MR) is 259 cm³/mol. The van der Waals surface area contributed by atoms with E-state index in [-0.39, 0.29) is 47.9 Å². The number of fused-ring (bicyclic) bond motifs is 5. The van der Waals surface area contributed by atoms with Gasteiger partial charge in [0, 0.05) is 61.6 Å². The van der Waals surface area contributed by atoms with Crippen LogP contribution in [0.1, 0.15) is 92.4 Å². The zero-order valence-electron chi connectivity index (χ0n) is 36.9. The Morgan fingerprint density at radius 3 is 1.98 bits per heavy atom. The minimum atomic E-state index is -1.28. The molecule has 0 radical (unpaired) electrons. The number of amides is 2. The number of phenols is 2. The van der Waals surface area contributed by atoms with Crippen molar-refractivity contribution in [2.45, 2.75) is 57.4 Å². The van der Waals surface area contributed by atoms with Gasteiger partial charge in [-0.2, -0.15) is 0 Å². The highest BCUT2D eigenvalue weighted by Gasteiger charge is 2.40. The zero-order valence-corrected chi connectivity index (χ0v) is 37.8. The van der Waals surface area contributed by atoms with Crippen LogP contribution in [-0.2, 0) is 22.4 Å². The third-order valence-corrected chi connectivity index (χ3v) is 13.9. The summed E-state index contributed by atoms with van der Waals surface area (Å²) >= 11 is 1.75. The minimum absolute atomic E-state index is 0.0407. The first-order valence-electron chi connectivity index (χ1n) is 22.6. The van der Waals surface area contributed by atoms with Gasteiger partial charge in [-0.1, -0.05) is 98.1 Å². The first kappa shape index (κ1) is 45.6. The molecule has 13 heteroatoms. The molecule has 0 bridgehead atoms. The maximum Gasteiger partial charge on any atom is 0.339 e. The summed E-state index contributed by atoms with van der Waals surface area (Å²) in [6, 6.07) is 29.4. The molecule has 4 aliphatic rings. The highest BCUT2D eigenvalue weighted by Crippen LogP contribution is 2.39. The molecule has 1 aliphatic carbocycles. The molecular weight excluding hydrogens is 853 g/mol. The molecule has 1 aromatic heterocycles. The smallest absolute Gasteiger partial charge is 0.339 e. The van der Waals surface area contributed by atoms with Crippen molar-refractivity contribution in [1.82, 2.24) is 14.7 Å². The molecule has 4 N–H and O–H groups in total. The van der Waals surface area contributed by atoms with Crippen LogP contribution in [0.4, 0.5) is 0 Å². The van der Waals surface area contributed by atoms with Crippen molar-refractivity contribution in [3.8, 4) is 11.5 Å². The summed E-state index contributed by atoms with van der Waals surface area (Å²) in [6.07, 6.45) is 11.8. The number of aromatic carboxylic acids is 2. The van der Waals surface area contributed by atoms with Crippen LogP contribution in [0.2, 0.25) is 0 Å². The fraction of sp³-hybridized carbons (Fsp3) is 0.302. The van der Waals surface area contributed by atoms with E-state index >= 15 is 0 Å². The van der Waals surface area contributed by atoms with Crippen molar-refractivity contribution in [3.05, 3.63) is 147 Å². The van der Waals surface area contributed by atoms with Crippen molar-refractivity contribution in [2.24, 2.45) is 10.9 Å². The fourth-order valence-electron chi connectivity index (χ4n) is 9.59. The zero-order chi connectivity index (χ0) is 46.3. The number of likely N-dealkylation sites (N-methyl/N-ethyl adjacent to an activating group) is 1. The second-order valence-corrected chi connectivity index (χ2v) is 18.2. The van der Waals surface area contributed by atoms with E-state index in [2.05, 4.69) is 64.8 Å². The van der Waals surface area contributed by atoms with Crippen LogP contribution in [0.3, 0.4) is 0 Å². The Labute approximate surface area is 387 Å². The third kappa shape index (κ3) is 9.96. The Morgan fingerprint density at radius 2 is 1.38 bits per heavy atom. The Bertz CT molecular complexity index is 2730. The maximum atomic E-state index is 12.8. The molecule has 66 heavy (non-hydrogen) atoms. The second-order valence-electron chi connectivity index (χ2n) is 17.2. The first-order chi connectivity index (χ1) is 32.0. The van der Waals surface area contributed by atoms with Gasteiger partial charge in [-0.25, -0.2) is 9.59 Å². The molecule has 3 aliphatic heterocycles. The van der Waals surface area contributed by atoms with Gasteiger partial charge in [-0.15, -0.1) is 11.3 Å². The third-order valence-electron chi connectivity index (χ3n) is 13.0. The standard InChI is InChI=1S/C23H16O6.C19H24N2O2.C11H14N2S/c24-20-16(14-7-3-1-5-12(14)9-18(20)22(26)27)11-17-15-8-4-2-6-13(15)10-19(21(17)25)23(28)29;22-18-13-20(19(23)15-7-2-1-3-8-15)12-17-16-9-5-4-6-14(16)10-11-21(17)18;1-13-8-3-7-12-11(13)6-5-10-4-2-9-14-10/h1-10,24-25H,11H2,(H,26,27)(H,28,29);4-6,9,15,17H,1-3,7-8,10-13H2;2,4-6,9H,3,7-8H2,1H3/b;;6-5+. The summed E-state index contributed by atoms with van der Waals surface area (Å²) in [4.78, 5) is 60.4. The maximum absolute atomic E-state index is 12.8. The molecule has 1 atom stereocenters. The monoisotopic (exact) mass is 906 g/mol. The summed E-state index contributed by atoms with van der Waals surface area (Å²) in [5, 5.41) is 44.9. The second kappa shape index (κ2) is 20.5. The van der Waals surface area contributed by atoms with Gasteiger partial charge in [0.15, 0.2) is 0 Å². The molecule has 1 unspecified atom stereocenters. The quantitative estimate of drug-likeness (QED) is 0.122. The van der Waals surface area contributed by atoms with E-state index in [1.54, 1.807) is 59.9 Å². The molecule has 2 fully saturated rings. The topological polar surface area (TPSA) is 171 Å². The summed E-state index contributed by atoms with van der Waals surface area (Å²) in [5.41, 5.74) is 2.67. The average molecular weight is 907 g/mol. The average Bonchev–Trinajstić information content (AvgIpc) is 3.87. The minimum Gasteiger partial charge on any atom is -0.507 e. The van der Waals surface area contributed by atoms with Crippen molar-refractivity contribution < 1.29 is 39.6 Å². The molecule has 12 nitrogen and oxygen atoms in total. The normalized spacial score (nSPS) is 17.3. The van der Waals surface area contributed by atoms with Crippen molar-refractivity contribution in [3.63, 3.8) is 0 Å². The number of piperazine rings is 1. The Balaban J connectivity index is 0.000000143. The van der Waals surface area contributed by atoms with Crippen molar-refractivity contribution in [1.29, 1.82) is 0 Å². The van der Waals surface area contributed by atoms with Gasteiger partial charge < -0.3 is 35.1 Å². The van der Waals surface area contributed by atoms with E-state index in [4.69, 9.17) is 0 Å². The largest absolute Gasteiger partial charge is 0.507 e. The number of carbonyl (C=O) groups is 4. The molecule has 10 rings (SSSR count). The van der Waals surface area contributed by atoms with Crippen LogP contribution >= 0.6 is 11.3 Å². The molecular formula is C53H54N4O8S. The predicted octanol–water partition coefficient (Wildman–Crippen LogP) is 9.42. The van der Waals surface area contributed by atoms with Gasteiger partial charge >= 0.3 is 11.9 Å². The van der Waals surface area contributed by atoms with E-state index in [0.717, 1.165) is 57.6 Å². The van der Waals surface area contributed by atoms with Crippen molar-refractivity contribution >= 4 is 68.5 Å². The van der Waals surface area contributed by atoms with Crippen LogP contribution in [0.5, 0.6) is 11.5 Å². The summed E-state index contributed by atoms with van der Waals surface area (Å²) < 4.78 is 0. The van der Waals surface area contributed by atoms with Gasteiger partial charge in [-0.3, -0.25) is 14.6 Å². The van der Waals surface area contributed by atoms with E-state index in [9.17, 15) is 39.6 Å². The van der Waals surface area contributed by atoms with Crippen molar-refractivity contribution in [2.75, 3.05) is 39.8 Å². The molecule has 0 spiro atoms. The number of aromatic hydroxyl groups is 2. The number of nitrogens with zero attached hydrogens (tertiary/aromatic N) is 4. The number of amidine groups is 1. The summed E-state index contributed by atoms with van der Waals surface area (Å²) in [6.45, 7) is 3.81. The van der Waals surface area contributed by atoms with Crippen LogP contribution in [-0.4, -0.2) is 104 Å². The number of hydrogen-bond acceptors (Lipinski definition) is 9. The van der Waals surface area contributed by atoms with E-state index in [0.29, 0.717) is 39.2 Å². The van der Waals surface area contributed by atoms with E-state index in [1.165, 1.54) is 41.0 Å². The molecule has 4 heterocycles. The molecule has 1 saturated carbocycles. The Morgan fingerprint density at radius 1 is 0.758 bits per heavy atom. The SMILES string of the molecule is CN1CCCN=C1/C=C/c1cccs1.O=C(C1CCCCC1)N1CC(=O)N2CCc3ccccc3C2C1.O=C(O)c1cc2ccccc2c(Cc2c(O)c(C(=O)O)cc3ccccc23)c1O. The molecule has 6 aromatic rings. The van der Waals surface area contributed by atoms with Gasteiger partial charge in [0.2, 0.25) is 11.8 Å². The number of aliphatic imine (C=N–C) groups is 1. The summed E-state index contributed by atoms with van der Waals surface area (Å²) in [5.74, 6) is -1.79. The lowest BCUT2D eigenvalue weighted by molar-refractivity contribution is -0.152. The van der Waals surface area contributed by atoms with Gasteiger partial charge in [0.25, 0.3) is 0 Å². The highest BCUT2D eigenvalue weighted by molar-refractivity contribution is 7.10. The number of rotatable bonds is 7. The molecule has 5 aromatic carbocycles. The molecule has 340 valence electrons. The molecule has 2 amide bonds. The van der Waals surface area contributed by atoms with E-state index < -0.39 is 23.4 Å². The van der Waals surface area contributed by atoms with Crippen LogP contribution < -0.4 is 0 Å². The van der Waals surface area contributed by atoms with E-state index in [1.807, 2.05) is 15.9 Å². The van der Waals surface area contributed by atoms with Gasteiger partial charge in [0.1, 0.15) is 28.5 Å². The number of carboxylic acid groups (broad SMARTS) is 2. The number of hydrogen-bond donors (Lipinski definition) is 4. The number of carboxylic acids is 2.